The van der Waals surface area contributed by atoms with E-state index < -0.39 is 22.5 Å². The van der Waals surface area contributed by atoms with Crippen LogP contribution in [0.1, 0.15) is 87.0 Å². The molecule has 0 aliphatic carbocycles. The van der Waals surface area contributed by atoms with E-state index in [4.69, 9.17) is 14.2 Å². The van der Waals surface area contributed by atoms with Crippen molar-refractivity contribution in [1.29, 1.82) is 0 Å². The van der Waals surface area contributed by atoms with Gasteiger partial charge in [0.15, 0.2) is 0 Å². The second-order valence-corrected chi connectivity index (χ2v) is 9.07. The van der Waals surface area contributed by atoms with Gasteiger partial charge in [-0.05, 0) is 60.3 Å². The lowest BCUT2D eigenvalue weighted by Crippen LogP contribution is -2.36. The third kappa shape index (κ3) is 6.82. The molecule has 6 nitrogen and oxygen atoms in total. The molecule has 1 aliphatic rings. The normalized spacial score (nSPS) is 20.0. The van der Waals surface area contributed by atoms with E-state index in [1.54, 1.807) is 0 Å². The van der Waals surface area contributed by atoms with Crippen molar-refractivity contribution in [3.05, 3.63) is 0 Å². The van der Waals surface area contributed by atoms with Crippen molar-refractivity contribution < 1.29 is 28.6 Å². The van der Waals surface area contributed by atoms with Crippen molar-refractivity contribution >= 4 is 17.9 Å². The number of hydrogen-bond donors (Lipinski definition) is 0. The largest absolute Gasteiger partial charge is 0.462 e. The molecule has 1 heterocycles. The zero-order valence-electron chi connectivity index (χ0n) is 18.0. The van der Waals surface area contributed by atoms with Crippen LogP contribution in [0, 0.1) is 10.8 Å². The summed E-state index contributed by atoms with van der Waals surface area (Å²) >= 11 is 0. The monoisotopic (exact) mass is 384 g/mol. The summed E-state index contributed by atoms with van der Waals surface area (Å²) in [6.07, 6.45) is 2.95. The predicted molar refractivity (Wildman–Crippen MR) is 102 cm³/mol. The molecular formula is C21H36O6. The summed E-state index contributed by atoms with van der Waals surface area (Å²) in [6.45, 7) is 13.5. The molecule has 0 aromatic heterocycles. The van der Waals surface area contributed by atoms with Crippen LogP contribution in [0.4, 0.5) is 0 Å². The third-order valence-corrected chi connectivity index (χ3v) is 5.67. The lowest BCUT2D eigenvalue weighted by molar-refractivity contribution is -0.168. The van der Waals surface area contributed by atoms with Crippen LogP contribution in [0.2, 0.25) is 0 Å². The molecule has 2 atom stereocenters. The van der Waals surface area contributed by atoms with E-state index in [0.29, 0.717) is 25.7 Å². The Morgan fingerprint density at radius 1 is 1.04 bits per heavy atom. The Kier molecular flexibility index (Phi) is 7.87. The summed E-state index contributed by atoms with van der Waals surface area (Å²) in [5.41, 5.74) is -1.73. The third-order valence-electron chi connectivity index (χ3n) is 5.67. The van der Waals surface area contributed by atoms with Crippen LogP contribution < -0.4 is 0 Å². The van der Waals surface area contributed by atoms with Crippen LogP contribution in [0.3, 0.4) is 0 Å². The highest BCUT2D eigenvalue weighted by Crippen LogP contribution is 2.35. The molecule has 156 valence electrons. The van der Waals surface area contributed by atoms with Crippen LogP contribution >= 0.6 is 0 Å². The minimum Gasteiger partial charge on any atom is -0.462 e. The van der Waals surface area contributed by atoms with Crippen LogP contribution in [0.5, 0.6) is 0 Å². The van der Waals surface area contributed by atoms with Crippen molar-refractivity contribution in [3.63, 3.8) is 0 Å². The molecule has 6 heteroatoms. The summed E-state index contributed by atoms with van der Waals surface area (Å²) in [5, 5.41) is 0. The first-order valence-electron chi connectivity index (χ1n) is 9.95. The molecular weight excluding hydrogens is 348 g/mol. The van der Waals surface area contributed by atoms with Gasteiger partial charge in [0.1, 0.15) is 18.3 Å². The Morgan fingerprint density at radius 3 is 2.15 bits per heavy atom. The Balaban J connectivity index is 2.58. The van der Waals surface area contributed by atoms with E-state index in [1.807, 2.05) is 48.5 Å². The number of cyclic esters (lactones) is 1. The number of rotatable bonds is 10. The molecule has 0 amide bonds. The maximum absolute atomic E-state index is 12.6. The van der Waals surface area contributed by atoms with Gasteiger partial charge in [0, 0.05) is 0 Å². The van der Waals surface area contributed by atoms with E-state index in [9.17, 15) is 14.4 Å². The van der Waals surface area contributed by atoms with Crippen LogP contribution in [-0.4, -0.2) is 36.2 Å². The van der Waals surface area contributed by atoms with Gasteiger partial charge in [0.25, 0.3) is 0 Å². The highest BCUT2D eigenvalue weighted by atomic mass is 16.6. The molecule has 0 aromatic rings. The molecule has 0 radical (unpaired) electrons. The van der Waals surface area contributed by atoms with Crippen molar-refractivity contribution in [2.45, 2.75) is 98.7 Å². The first-order chi connectivity index (χ1) is 12.3. The van der Waals surface area contributed by atoms with Gasteiger partial charge in [-0.3, -0.25) is 14.4 Å². The lowest BCUT2D eigenvalue weighted by atomic mass is 9.78. The van der Waals surface area contributed by atoms with Gasteiger partial charge < -0.3 is 14.2 Å². The van der Waals surface area contributed by atoms with E-state index in [-0.39, 0.29) is 30.9 Å². The van der Waals surface area contributed by atoms with Crippen LogP contribution in [0.15, 0.2) is 0 Å². The van der Waals surface area contributed by atoms with Crippen molar-refractivity contribution in [3.8, 4) is 0 Å². The quantitative estimate of drug-likeness (QED) is 0.415. The van der Waals surface area contributed by atoms with Crippen molar-refractivity contribution in [1.82, 2.24) is 0 Å². The molecule has 1 saturated heterocycles. The smallest absolute Gasteiger partial charge is 0.312 e. The van der Waals surface area contributed by atoms with Gasteiger partial charge >= 0.3 is 17.9 Å². The highest BCUT2D eigenvalue weighted by molar-refractivity contribution is 5.78. The van der Waals surface area contributed by atoms with Gasteiger partial charge in [0.2, 0.25) is 0 Å². The zero-order chi connectivity index (χ0) is 20.9. The number of hydrogen-bond acceptors (Lipinski definition) is 6. The predicted octanol–water partition coefficient (Wildman–Crippen LogP) is 4.19. The standard InChI is InChI=1S/C21H36O6/c1-8-20(5,6)27-17(23)19(3,4)11-10-12-21(7,9-2)18(24)26-15-13-16(22)25-14-15/h15H,8-14H2,1-7H3. The SMILES string of the molecule is CCC(C)(C)OC(=O)C(C)(C)CCCC(C)(CC)C(=O)OC1COC(=O)C1. The van der Waals surface area contributed by atoms with Gasteiger partial charge in [0.05, 0.1) is 17.3 Å². The Labute approximate surface area is 163 Å². The van der Waals surface area contributed by atoms with Crippen LogP contribution in [-0.2, 0) is 28.6 Å². The molecule has 1 aliphatic heterocycles. The van der Waals surface area contributed by atoms with Crippen LogP contribution in [0.25, 0.3) is 0 Å². The summed E-state index contributed by atoms with van der Waals surface area (Å²) in [7, 11) is 0. The summed E-state index contributed by atoms with van der Waals surface area (Å²) < 4.78 is 15.9. The fourth-order valence-corrected chi connectivity index (χ4v) is 2.77. The maximum Gasteiger partial charge on any atom is 0.312 e. The van der Waals surface area contributed by atoms with Crippen molar-refractivity contribution in [2.24, 2.45) is 10.8 Å². The summed E-state index contributed by atoms with van der Waals surface area (Å²) in [6, 6.07) is 0. The molecule has 0 N–H and O–H groups in total. The van der Waals surface area contributed by atoms with Gasteiger partial charge in [-0.2, -0.15) is 0 Å². The summed E-state index contributed by atoms with van der Waals surface area (Å²) in [4.78, 5) is 36.3. The molecule has 1 fully saturated rings. The Hall–Kier alpha value is -1.59. The molecule has 0 aromatic carbocycles. The molecule has 27 heavy (non-hydrogen) atoms. The van der Waals surface area contributed by atoms with Gasteiger partial charge in [-0.25, -0.2) is 0 Å². The second kappa shape index (κ2) is 9.07. The lowest BCUT2D eigenvalue weighted by Gasteiger charge is -2.32. The first kappa shape index (κ1) is 23.4. The zero-order valence-corrected chi connectivity index (χ0v) is 18.0. The molecule has 0 bridgehead atoms. The average Bonchev–Trinajstić information content (AvgIpc) is 2.98. The fraction of sp³-hybridized carbons (Fsp3) is 0.857. The average molecular weight is 385 g/mol. The summed E-state index contributed by atoms with van der Waals surface area (Å²) in [5.74, 6) is -0.848. The maximum atomic E-state index is 12.6. The van der Waals surface area contributed by atoms with E-state index in [2.05, 4.69) is 0 Å². The number of esters is 3. The highest BCUT2D eigenvalue weighted by Gasteiger charge is 2.38. The first-order valence-corrected chi connectivity index (χ1v) is 9.95. The molecule has 0 spiro atoms. The van der Waals surface area contributed by atoms with Crippen molar-refractivity contribution in [2.75, 3.05) is 6.61 Å². The molecule has 0 saturated carbocycles. The number of ether oxygens (including phenoxy) is 3. The van der Waals surface area contributed by atoms with E-state index in [1.165, 1.54) is 0 Å². The van der Waals surface area contributed by atoms with Gasteiger partial charge in [-0.1, -0.05) is 20.3 Å². The van der Waals surface area contributed by atoms with E-state index in [0.717, 1.165) is 6.42 Å². The molecule has 1 rings (SSSR count). The molecule has 2 unspecified atom stereocenters. The van der Waals surface area contributed by atoms with Gasteiger partial charge in [-0.15, -0.1) is 0 Å². The Morgan fingerprint density at radius 2 is 1.67 bits per heavy atom. The Bertz CT molecular complexity index is 551. The fourth-order valence-electron chi connectivity index (χ4n) is 2.77. The number of carbonyl (C=O) groups is 3. The second-order valence-electron chi connectivity index (χ2n) is 9.07. The minimum absolute atomic E-state index is 0.123. The van der Waals surface area contributed by atoms with E-state index >= 15 is 0 Å². The number of carbonyl (C=O) groups excluding carboxylic acids is 3. The minimum atomic E-state index is -0.645. The topological polar surface area (TPSA) is 78.9 Å².